The minimum absolute atomic E-state index is 0. The van der Waals surface area contributed by atoms with Gasteiger partial charge in [-0.25, -0.2) is 0 Å². The fraction of sp³-hybridized carbons (Fsp3) is 0.556. The lowest BCUT2D eigenvalue weighted by atomic mass is 9.77. The van der Waals surface area contributed by atoms with Gasteiger partial charge in [0.05, 0.1) is 0 Å². The highest BCUT2D eigenvalue weighted by Gasteiger charge is 2.27. The zero-order valence-electron chi connectivity index (χ0n) is 14.2. The van der Waals surface area contributed by atoms with Gasteiger partial charge in [-0.2, -0.15) is 0 Å². The lowest BCUT2D eigenvalue weighted by Gasteiger charge is -2.29. The van der Waals surface area contributed by atoms with E-state index in [1.165, 1.54) is 0 Å². The molecule has 0 aliphatic heterocycles. The van der Waals surface area contributed by atoms with Gasteiger partial charge in [-0.15, -0.1) is 19.0 Å². The minimum Gasteiger partial charge on any atom is -0.507 e. The minimum atomic E-state index is -0.117. The molecule has 0 aromatic heterocycles. The third-order valence-corrected chi connectivity index (χ3v) is 3.60. The molecule has 0 bridgehead atoms. The maximum absolute atomic E-state index is 10.6. The van der Waals surface area contributed by atoms with E-state index in [4.69, 9.17) is 5.73 Å². The zero-order chi connectivity index (χ0) is 15.7. The van der Waals surface area contributed by atoms with Gasteiger partial charge in [0.1, 0.15) is 5.75 Å². The maximum atomic E-state index is 10.6. The summed E-state index contributed by atoms with van der Waals surface area (Å²) in [5, 5.41) is 10.6. The van der Waals surface area contributed by atoms with Crippen molar-refractivity contribution in [2.75, 3.05) is 0 Å². The summed E-state index contributed by atoms with van der Waals surface area (Å²) < 4.78 is 0. The van der Waals surface area contributed by atoms with Crippen LogP contribution in [0.1, 0.15) is 70.7 Å². The van der Waals surface area contributed by atoms with Crippen molar-refractivity contribution < 1.29 is 5.11 Å². The van der Waals surface area contributed by atoms with Crippen LogP contribution in [0, 0.1) is 0 Å². The van der Waals surface area contributed by atoms with Crippen molar-refractivity contribution in [2.45, 2.75) is 64.8 Å². The van der Waals surface area contributed by atoms with Gasteiger partial charge in [0, 0.05) is 6.04 Å². The number of halogens is 1. The van der Waals surface area contributed by atoms with E-state index >= 15 is 0 Å². The summed E-state index contributed by atoms with van der Waals surface area (Å²) >= 11 is 0. The molecule has 0 aliphatic carbocycles. The molecule has 0 saturated heterocycles. The summed E-state index contributed by atoms with van der Waals surface area (Å²) in [7, 11) is 0. The van der Waals surface area contributed by atoms with E-state index in [9.17, 15) is 5.11 Å². The van der Waals surface area contributed by atoms with Gasteiger partial charge < -0.3 is 10.8 Å². The Kier molecular flexibility index (Phi) is 6.52. The molecule has 3 heteroatoms. The second kappa shape index (κ2) is 6.85. The molecule has 1 aromatic rings. The maximum Gasteiger partial charge on any atom is 0.123 e. The number of nitrogens with two attached hydrogens (primary N) is 1. The lowest BCUT2D eigenvalue weighted by molar-refractivity contribution is 0.422. The highest BCUT2D eigenvalue weighted by molar-refractivity contribution is 5.85. The molecule has 1 rings (SSSR count). The van der Waals surface area contributed by atoms with Gasteiger partial charge in [-0.1, -0.05) is 47.6 Å². The molecule has 0 unspecified atom stereocenters. The van der Waals surface area contributed by atoms with Crippen LogP contribution in [0.25, 0.3) is 0 Å². The second-order valence-corrected chi connectivity index (χ2v) is 7.60. The molecule has 0 spiro atoms. The van der Waals surface area contributed by atoms with E-state index in [-0.39, 0.29) is 29.3 Å². The van der Waals surface area contributed by atoms with Crippen molar-refractivity contribution >= 4 is 12.4 Å². The van der Waals surface area contributed by atoms with Crippen LogP contribution >= 0.6 is 12.4 Å². The highest BCUT2D eigenvalue weighted by Crippen LogP contribution is 2.40. The van der Waals surface area contributed by atoms with Gasteiger partial charge in [-0.05, 0) is 46.1 Å². The van der Waals surface area contributed by atoms with Crippen LogP contribution in [0.3, 0.4) is 0 Å². The third kappa shape index (κ3) is 4.76. The molecule has 0 saturated carbocycles. The highest BCUT2D eigenvalue weighted by atomic mass is 35.5. The first-order valence-corrected chi connectivity index (χ1v) is 7.23. The average molecular weight is 312 g/mol. The first-order chi connectivity index (χ1) is 8.98. The van der Waals surface area contributed by atoms with Crippen LogP contribution in [0.15, 0.2) is 24.8 Å². The Labute approximate surface area is 135 Å². The van der Waals surface area contributed by atoms with E-state index in [1.807, 2.05) is 18.2 Å². The van der Waals surface area contributed by atoms with Gasteiger partial charge in [0.25, 0.3) is 0 Å². The van der Waals surface area contributed by atoms with Gasteiger partial charge in [0.2, 0.25) is 0 Å². The van der Waals surface area contributed by atoms with Gasteiger partial charge in [-0.3, -0.25) is 0 Å². The summed E-state index contributed by atoms with van der Waals surface area (Å²) in [5.41, 5.74) is 8.98. The summed E-state index contributed by atoms with van der Waals surface area (Å²) in [5.74, 6) is 0.402. The molecule has 2 nitrogen and oxygen atoms in total. The Bertz CT molecular complexity index is 460. The van der Waals surface area contributed by atoms with E-state index < -0.39 is 0 Å². The first kappa shape index (κ1) is 20.0. The Morgan fingerprint density at radius 3 is 1.76 bits per heavy atom. The standard InChI is InChI=1S/C18H29NO.ClH/c1-8-9-15(19)12-10-13(17(2,3)4)16(20)14(11-12)18(5,6)7;/h8,10-11,15,20H,1,9,19H2,2-7H3;1H/t15-;/m0./s1. The Balaban J connectivity index is 0.00000400. The SMILES string of the molecule is C=CC[C@H](N)c1cc(C(C)(C)C)c(O)c(C(C)(C)C)c1.Cl. The Morgan fingerprint density at radius 1 is 1.10 bits per heavy atom. The average Bonchev–Trinajstić information content (AvgIpc) is 2.26. The number of benzene rings is 1. The summed E-state index contributed by atoms with van der Waals surface area (Å²) in [6.45, 7) is 16.4. The van der Waals surface area contributed by atoms with Crippen molar-refractivity contribution in [3.8, 4) is 5.75 Å². The molecule has 0 fully saturated rings. The normalized spacial score (nSPS) is 13.5. The van der Waals surface area contributed by atoms with Crippen molar-refractivity contribution in [1.29, 1.82) is 0 Å². The van der Waals surface area contributed by atoms with Crippen LogP contribution in [0.4, 0.5) is 0 Å². The van der Waals surface area contributed by atoms with E-state index in [0.717, 1.165) is 23.1 Å². The number of phenolic OH excluding ortho intramolecular Hbond substituents is 1. The number of rotatable bonds is 3. The molecule has 1 aromatic carbocycles. The molecular weight excluding hydrogens is 282 g/mol. The summed E-state index contributed by atoms with van der Waals surface area (Å²) in [4.78, 5) is 0. The van der Waals surface area contributed by atoms with Crippen molar-refractivity contribution in [3.05, 3.63) is 41.5 Å². The zero-order valence-corrected chi connectivity index (χ0v) is 15.0. The topological polar surface area (TPSA) is 46.2 Å². The number of hydrogen-bond acceptors (Lipinski definition) is 2. The fourth-order valence-electron chi connectivity index (χ4n) is 2.33. The van der Waals surface area contributed by atoms with Crippen molar-refractivity contribution in [3.63, 3.8) is 0 Å². The molecule has 0 amide bonds. The van der Waals surface area contributed by atoms with Crippen LogP contribution in [0.2, 0.25) is 0 Å². The Morgan fingerprint density at radius 2 is 1.48 bits per heavy atom. The van der Waals surface area contributed by atoms with Crippen molar-refractivity contribution in [1.82, 2.24) is 0 Å². The predicted octanol–water partition coefficient (Wildman–Crippen LogP) is 4.98. The largest absolute Gasteiger partial charge is 0.507 e. The lowest BCUT2D eigenvalue weighted by Crippen LogP contribution is -2.20. The number of hydrogen-bond donors (Lipinski definition) is 2. The molecule has 1 atom stereocenters. The monoisotopic (exact) mass is 311 g/mol. The number of aromatic hydroxyl groups is 1. The van der Waals surface area contributed by atoms with Gasteiger partial charge >= 0.3 is 0 Å². The van der Waals surface area contributed by atoms with E-state index in [0.29, 0.717) is 5.75 Å². The molecule has 0 radical (unpaired) electrons. The quantitative estimate of drug-likeness (QED) is 0.773. The second-order valence-electron chi connectivity index (χ2n) is 7.60. The van der Waals surface area contributed by atoms with Crippen LogP contribution in [0.5, 0.6) is 5.75 Å². The summed E-state index contributed by atoms with van der Waals surface area (Å²) in [6, 6.07) is 4.01. The number of phenols is 1. The summed E-state index contributed by atoms with van der Waals surface area (Å²) in [6.07, 6.45) is 2.57. The molecule has 120 valence electrons. The van der Waals surface area contributed by atoms with Crippen LogP contribution in [-0.2, 0) is 10.8 Å². The third-order valence-electron chi connectivity index (χ3n) is 3.60. The molecule has 0 heterocycles. The fourth-order valence-corrected chi connectivity index (χ4v) is 2.33. The predicted molar refractivity (Wildman–Crippen MR) is 94.5 cm³/mol. The van der Waals surface area contributed by atoms with E-state index in [2.05, 4.69) is 48.1 Å². The van der Waals surface area contributed by atoms with Crippen LogP contribution in [-0.4, -0.2) is 5.11 Å². The smallest absolute Gasteiger partial charge is 0.123 e. The molecular formula is C18H30ClNO. The van der Waals surface area contributed by atoms with Crippen molar-refractivity contribution in [2.24, 2.45) is 5.73 Å². The molecule has 3 N–H and O–H groups in total. The van der Waals surface area contributed by atoms with Gasteiger partial charge in [0.15, 0.2) is 0 Å². The Hall–Kier alpha value is -0.990. The molecule has 0 aliphatic rings. The molecule has 21 heavy (non-hydrogen) atoms. The first-order valence-electron chi connectivity index (χ1n) is 7.23. The van der Waals surface area contributed by atoms with E-state index in [1.54, 1.807) is 0 Å². The van der Waals surface area contributed by atoms with Crippen LogP contribution < -0.4 is 5.73 Å².